The van der Waals surface area contributed by atoms with Crippen LogP contribution in [0.2, 0.25) is 0 Å². The molecule has 1 aromatic heterocycles. The lowest BCUT2D eigenvalue weighted by Crippen LogP contribution is -2.14. The highest BCUT2D eigenvalue weighted by atomic mass is 16.5. The molecule has 0 atom stereocenters. The number of hydrogen-bond donors (Lipinski definition) is 2. The fourth-order valence-electron chi connectivity index (χ4n) is 3.13. The van der Waals surface area contributed by atoms with Gasteiger partial charge in [-0.1, -0.05) is 49.1 Å². The molecule has 140 valence electrons. The van der Waals surface area contributed by atoms with Crippen LogP contribution in [0.4, 0.5) is 5.69 Å². The van der Waals surface area contributed by atoms with E-state index in [-0.39, 0.29) is 2.85 Å². The van der Waals surface area contributed by atoms with Crippen molar-refractivity contribution < 1.29 is 7.59 Å². The van der Waals surface area contributed by atoms with Crippen LogP contribution < -0.4 is 15.4 Å². The molecule has 0 fully saturated rings. The standard InChI is InChI=1S/C22H22N4O.2H2/c1-3-7-22(23-2)24-18-11-10-17-14-26-19(15-27-21(17)12-18)13-20(25-26)16-8-5-4-6-9-16;;/h3-13,23-24H,1,14-15H2,2H3;2*1H/b22-7+;;. The van der Waals surface area contributed by atoms with Gasteiger partial charge in [0.25, 0.3) is 0 Å². The SMILES string of the molecule is C=C/C=C(\NC)Nc1ccc2c(c1)OCc1cc(-c3ccccc3)nn1C2.[HH].[HH]. The van der Waals surface area contributed by atoms with E-state index in [1.165, 1.54) is 0 Å². The molecule has 0 aliphatic carbocycles. The molecule has 1 aliphatic heterocycles. The number of rotatable bonds is 5. The van der Waals surface area contributed by atoms with Gasteiger partial charge in [0.2, 0.25) is 0 Å². The van der Waals surface area contributed by atoms with Gasteiger partial charge in [0, 0.05) is 32.8 Å². The van der Waals surface area contributed by atoms with Crippen LogP contribution in [0.5, 0.6) is 5.75 Å². The van der Waals surface area contributed by atoms with Crippen LogP contribution in [-0.2, 0) is 13.2 Å². The van der Waals surface area contributed by atoms with Gasteiger partial charge in [-0.2, -0.15) is 5.10 Å². The Morgan fingerprint density at radius 3 is 2.85 bits per heavy atom. The van der Waals surface area contributed by atoms with Crippen molar-refractivity contribution in [2.75, 3.05) is 12.4 Å². The van der Waals surface area contributed by atoms with Crippen molar-refractivity contribution in [2.24, 2.45) is 0 Å². The first-order valence-corrected chi connectivity index (χ1v) is 8.92. The molecular weight excluding hydrogens is 336 g/mol. The minimum absolute atomic E-state index is 0. The van der Waals surface area contributed by atoms with Gasteiger partial charge >= 0.3 is 0 Å². The molecule has 0 spiro atoms. The molecule has 0 radical (unpaired) electrons. The zero-order valence-corrected chi connectivity index (χ0v) is 15.3. The van der Waals surface area contributed by atoms with E-state index in [9.17, 15) is 0 Å². The summed E-state index contributed by atoms with van der Waals surface area (Å²) in [5.41, 5.74) is 5.24. The number of anilines is 1. The van der Waals surface area contributed by atoms with Gasteiger partial charge in [0.1, 0.15) is 18.2 Å². The molecule has 2 N–H and O–H groups in total. The topological polar surface area (TPSA) is 51.1 Å². The van der Waals surface area contributed by atoms with E-state index in [1.54, 1.807) is 6.08 Å². The summed E-state index contributed by atoms with van der Waals surface area (Å²) in [6.45, 7) is 4.92. The third kappa shape index (κ3) is 3.58. The molecule has 1 aliphatic rings. The van der Waals surface area contributed by atoms with Crippen molar-refractivity contribution in [1.29, 1.82) is 0 Å². The van der Waals surface area contributed by atoms with E-state index in [0.717, 1.165) is 39.8 Å². The van der Waals surface area contributed by atoms with E-state index >= 15 is 0 Å². The van der Waals surface area contributed by atoms with Crippen LogP contribution in [0.25, 0.3) is 11.3 Å². The monoisotopic (exact) mass is 362 g/mol. The maximum absolute atomic E-state index is 6.08. The van der Waals surface area contributed by atoms with E-state index in [0.29, 0.717) is 13.2 Å². The van der Waals surface area contributed by atoms with Crippen molar-refractivity contribution in [1.82, 2.24) is 15.1 Å². The summed E-state index contributed by atoms with van der Waals surface area (Å²) in [6.07, 6.45) is 3.62. The van der Waals surface area contributed by atoms with E-state index in [2.05, 4.69) is 41.5 Å². The van der Waals surface area contributed by atoms with Crippen LogP contribution in [0.1, 0.15) is 14.1 Å². The second kappa shape index (κ2) is 7.41. The zero-order valence-electron chi connectivity index (χ0n) is 15.3. The van der Waals surface area contributed by atoms with Gasteiger partial charge in [0.15, 0.2) is 0 Å². The summed E-state index contributed by atoms with van der Waals surface area (Å²) in [5.74, 6) is 1.75. The summed E-state index contributed by atoms with van der Waals surface area (Å²) in [6, 6.07) is 18.5. The van der Waals surface area contributed by atoms with Crippen LogP contribution in [-0.4, -0.2) is 16.8 Å². The highest BCUT2D eigenvalue weighted by Gasteiger charge is 2.17. The first kappa shape index (κ1) is 17.0. The third-order valence-electron chi connectivity index (χ3n) is 4.53. The van der Waals surface area contributed by atoms with Crippen molar-refractivity contribution in [3.63, 3.8) is 0 Å². The Labute approximate surface area is 162 Å². The number of nitrogens with one attached hydrogen (secondary N) is 2. The molecule has 0 unspecified atom stereocenters. The average molecular weight is 362 g/mol. The summed E-state index contributed by atoms with van der Waals surface area (Å²) in [4.78, 5) is 0. The summed E-state index contributed by atoms with van der Waals surface area (Å²) < 4.78 is 8.10. The Kier molecular flexibility index (Phi) is 4.66. The van der Waals surface area contributed by atoms with Crippen molar-refractivity contribution in [3.8, 4) is 17.0 Å². The Morgan fingerprint density at radius 1 is 1.22 bits per heavy atom. The van der Waals surface area contributed by atoms with Crippen LogP contribution in [0.3, 0.4) is 0 Å². The number of allylic oxidation sites excluding steroid dienone is 2. The predicted octanol–water partition coefficient (Wildman–Crippen LogP) is 4.64. The highest BCUT2D eigenvalue weighted by molar-refractivity contribution is 5.60. The van der Waals surface area contributed by atoms with Crippen molar-refractivity contribution >= 4 is 5.69 Å². The number of aromatic nitrogens is 2. The second-order valence-corrected chi connectivity index (χ2v) is 6.35. The fourth-order valence-corrected chi connectivity index (χ4v) is 3.13. The molecular formula is C22H26N4O. The highest BCUT2D eigenvalue weighted by Crippen LogP contribution is 2.30. The second-order valence-electron chi connectivity index (χ2n) is 6.35. The molecule has 2 aromatic carbocycles. The number of ether oxygens (including phenoxy) is 1. The van der Waals surface area contributed by atoms with Crippen LogP contribution in [0, 0.1) is 0 Å². The molecule has 0 saturated carbocycles. The molecule has 5 nitrogen and oxygen atoms in total. The lowest BCUT2D eigenvalue weighted by atomic mass is 10.1. The van der Waals surface area contributed by atoms with Gasteiger partial charge in [0.05, 0.1) is 17.9 Å². The van der Waals surface area contributed by atoms with Gasteiger partial charge in [-0.15, -0.1) is 0 Å². The lowest BCUT2D eigenvalue weighted by molar-refractivity contribution is 0.302. The van der Waals surface area contributed by atoms with Crippen molar-refractivity contribution in [3.05, 3.63) is 90.4 Å². The Balaban J connectivity index is 0.00000150. The van der Waals surface area contributed by atoms with Gasteiger partial charge in [-0.3, -0.25) is 4.68 Å². The number of hydrogen-bond acceptors (Lipinski definition) is 4. The Morgan fingerprint density at radius 2 is 2.07 bits per heavy atom. The molecule has 5 heteroatoms. The molecule has 2 heterocycles. The first-order valence-electron chi connectivity index (χ1n) is 8.92. The molecule has 4 rings (SSSR count). The quantitative estimate of drug-likeness (QED) is 0.649. The van der Waals surface area contributed by atoms with Gasteiger partial charge in [-0.25, -0.2) is 0 Å². The van der Waals surface area contributed by atoms with Crippen molar-refractivity contribution in [2.45, 2.75) is 13.2 Å². The number of benzene rings is 2. The molecule has 0 amide bonds. The summed E-state index contributed by atoms with van der Waals surface area (Å²) >= 11 is 0. The summed E-state index contributed by atoms with van der Waals surface area (Å²) in [7, 11) is 1.87. The maximum atomic E-state index is 6.08. The zero-order chi connectivity index (χ0) is 18.6. The number of nitrogens with zero attached hydrogens (tertiary/aromatic N) is 2. The fraction of sp³-hybridized carbons (Fsp3) is 0.136. The average Bonchev–Trinajstić information content (AvgIpc) is 3.03. The van der Waals surface area contributed by atoms with E-state index < -0.39 is 0 Å². The molecule has 3 aromatic rings. The van der Waals surface area contributed by atoms with Crippen LogP contribution >= 0.6 is 0 Å². The predicted molar refractivity (Wildman–Crippen MR) is 113 cm³/mol. The smallest absolute Gasteiger partial charge is 0.130 e. The first-order chi connectivity index (χ1) is 13.3. The van der Waals surface area contributed by atoms with E-state index in [1.807, 2.05) is 48.1 Å². The largest absolute Gasteiger partial charge is 0.487 e. The normalized spacial score (nSPS) is 13.0. The molecule has 0 saturated heterocycles. The third-order valence-corrected chi connectivity index (χ3v) is 4.53. The maximum Gasteiger partial charge on any atom is 0.130 e. The Hall–Kier alpha value is -3.47. The minimum atomic E-state index is 0. The molecule has 27 heavy (non-hydrogen) atoms. The number of fused-ring (bicyclic) bond motifs is 2. The summed E-state index contributed by atoms with van der Waals surface area (Å²) in [5, 5.41) is 11.2. The van der Waals surface area contributed by atoms with E-state index in [4.69, 9.17) is 9.84 Å². The van der Waals surface area contributed by atoms with Gasteiger partial charge < -0.3 is 15.4 Å². The minimum Gasteiger partial charge on any atom is -0.487 e. The Bertz CT molecular complexity index is 999. The molecule has 0 bridgehead atoms. The van der Waals surface area contributed by atoms with Crippen LogP contribution in [0.15, 0.2) is 79.1 Å². The lowest BCUT2D eigenvalue weighted by Gasteiger charge is -2.13. The van der Waals surface area contributed by atoms with Gasteiger partial charge in [-0.05, 0) is 18.2 Å².